The summed E-state index contributed by atoms with van der Waals surface area (Å²) >= 11 is 3.37. The Morgan fingerprint density at radius 1 is 0.810 bits per heavy atom. The van der Waals surface area contributed by atoms with Crippen molar-refractivity contribution in [3.05, 3.63) is 56.6 Å². The molecule has 0 aliphatic heterocycles. The summed E-state index contributed by atoms with van der Waals surface area (Å²) < 4.78 is 0.991. The van der Waals surface area contributed by atoms with Gasteiger partial charge in [0.15, 0.2) is 0 Å². The van der Waals surface area contributed by atoms with Crippen LogP contribution in [0.15, 0.2) is 28.7 Å². The maximum atomic E-state index is 5.86. The van der Waals surface area contributed by atoms with Gasteiger partial charge in [-0.3, -0.25) is 0 Å². The second-order valence-corrected chi connectivity index (χ2v) is 6.34. The van der Waals surface area contributed by atoms with Crippen molar-refractivity contribution in [2.45, 2.75) is 41.0 Å². The molecule has 2 aromatic rings. The fourth-order valence-corrected chi connectivity index (χ4v) is 2.96. The standard InChI is InChI=1S/C10H15N.C8H10BrN/c1-4-9-6-7(2)5-8(3)10(9)11;1-5-3-6(2)8(10)7(9)4-5/h5-6H,4,11H2,1-3H3;3-4H,10H2,1-2H3. The molecule has 0 amide bonds. The Balaban J connectivity index is 0.000000211. The Morgan fingerprint density at radius 2 is 1.29 bits per heavy atom. The van der Waals surface area contributed by atoms with Crippen LogP contribution in [-0.4, -0.2) is 0 Å². The van der Waals surface area contributed by atoms with E-state index in [1.807, 2.05) is 13.0 Å². The molecule has 0 aliphatic rings. The first-order valence-corrected chi connectivity index (χ1v) is 7.93. The van der Waals surface area contributed by atoms with Crippen LogP contribution in [0.4, 0.5) is 11.4 Å². The molecule has 114 valence electrons. The van der Waals surface area contributed by atoms with Gasteiger partial charge in [0, 0.05) is 15.8 Å². The number of nitrogen functional groups attached to an aromatic ring is 2. The van der Waals surface area contributed by atoms with E-state index in [2.05, 4.69) is 61.8 Å². The Bertz CT molecular complexity index is 610. The SMILES string of the molecule is CCc1cc(C)cc(C)c1N.Cc1cc(C)c(N)c(Br)c1. The molecule has 0 fully saturated rings. The first-order chi connectivity index (χ1) is 9.76. The zero-order valence-corrected chi connectivity index (χ0v) is 15.1. The lowest BCUT2D eigenvalue weighted by Gasteiger charge is -2.07. The Hall–Kier alpha value is -1.48. The van der Waals surface area contributed by atoms with Crippen molar-refractivity contribution in [1.29, 1.82) is 0 Å². The molecule has 0 unspecified atom stereocenters. The topological polar surface area (TPSA) is 52.0 Å². The van der Waals surface area contributed by atoms with E-state index in [1.54, 1.807) is 0 Å². The number of aryl methyl sites for hydroxylation is 5. The van der Waals surface area contributed by atoms with Crippen LogP contribution in [0.2, 0.25) is 0 Å². The maximum Gasteiger partial charge on any atom is 0.0488 e. The summed E-state index contributed by atoms with van der Waals surface area (Å²) in [5.41, 5.74) is 19.5. The Kier molecular flexibility index (Phi) is 6.28. The zero-order chi connectivity index (χ0) is 16.2. The summed E-state index contributed by atoms with van der Waals surface area (Å²) in [5.74, 6) is 0. The number of anilines is 2. The number of hydrogen-bond acceptors (Lipinski definition) is 2. The van der Waals surface area contributed by atoms with Gasteiger partial charge in [-0.05, 0) is 78.4 Å². The van der Waals surface area contributed by atoms with Gasteiger partial charge in [0.2, 0.25) is 0 Å². The highest BCUT2D eigenvalue weighted by molar-refractivity contribution is 9.10. The van der Waals surface area contributed by atoms with Gasteiger partial charge in [-0.2, -0.15) is 0 Å². The van der Waals surface area contributed by atoms with Gasteiger partial charge < -0.3 is 11.5 Å². The minimum absolute atomic E-state index is 0.839. The molecule has 0 saturated heterocycles. The van der Waals surface area contributed by atoms with Gasteiger partial charge in [-0.15, -0.1) is 0 Å². The quantitative estimate of drug-likeness (QED) is 0.704. The summed E-state index contributed by atoms with van der Waals surface area (Å²) in [6.07, 6.45) is 1.02. The van der Waals surface area contributed by atoms with E-state index < -0.39 is 0 Å². The van der Waals surface area contributed by atoms with Crippen LogP contribution in [0.5, 0.6) is 0 Å². The first-order valence-electron chi connectivity index (χ1n) is 7.14. The third-order valence-corrected chi connectivity index (χ3v) is 4.13. The van der Waals surface area contributed by atoms with E-state index in [1.165, 1.54) is 22.3 Å². The van der Waals surface area contributed by atoms with E-state index >= 15 is 0 Å². The predicted molar refractivity (Wildman–Crippen MR) is 97.7 cm³/mol. The molecule has 0 aliphatic carbocycles. The summed E-state index contributed by atoms with van der Waals surface area (Å²) in [7, 11) is 0. The third kappa shape index (κ3) is 4.78. The molecule has 0 bridgehead atoms. The molecule has 21 heavy (non-hydrogen) atoms. The minimum Gasteiger partial charge on any atom is -0.398 e. The molecule has 3 heteroatoms. The molecule has 2 rings (SSSR count). The molecule has 0 radical (unpaired) electrons. The summed E-state index contributed by atoms with van der Waals surface area (Å²) in [6, 6.07) is 8.36. The highest BCUT2D eigenvalue weighted by Gasteiger charge is 2.00. The molecular weight excluding hydrogens is 324 g/mol. The monoisotopic (exact) mass is 348 g/mol. The highest BCUT2D eigenvalue weighted by Crippen LogP contribution is 2.24. The van der Waals surface area contributed by atoms with Crippen LogP contribution in [-0.2, 0) is 6.42 Å². The molecule has 0 atom stereocenters. The van der Waals surface area contributed by atoms with Crippen molar-refractivity contribution < 1.29 is 0 Å². The minimum atomic E-state index is 0.839. The van der Waals surface area contributed by atoms with E-state index in [4.69, 9.17) is 11.5 Å². The largest absolute Gasteiger partial charge is 0.398 e. The molecular formula is C18H25BrN2. The fourth-order valence-electron chi connectivity index (χ4n) is 2.29. The summed E-state index contributed by atoms with van der Waals surface area (Å²) in [6.45, 7) is 10.3. The van der Waals surface area contributed by atoms with Gasteiger partial charge in [-0.1, -0.05) is 30.7 Å². The number of hydrogen-bond donors (Lipinski definition) is 2. The van der Waals surface area contributed by atoms with E-state index in [0.717, 1.165) is 27.8 Å². The average Bonchev–Trinajstić information content (AvgIpc) is 2.40. The van der Waals surface area contributed by atoms with Crippen LogP contribution in [0.25, 0.3) is 0 Å². The number of halogens is 1. The van der Waals surface area contributed by atoms with Gasteiger partial charge in [0.1, 0.15) is 0 Å². The lowest BCUT2D eigenvalue weighted by molar-refractivity contribution is 1.13. The second kappa shape index (κ2) is 7.51. The third-order valence-electron chi connectivity index (χ3n) is 3.48. The van der Waals surface area contributed by atoms with Crippen molar-refractivity contribution in [1.82, 2.24) is 0 Å². The van der Waals surface area contributed by atoms with Gasteiger partial charge in [0.05, 0.1) is 0 Å². The van der Waals surface area contributed by atoms with E-state index in [-0.39, 0.29) is 0 Å². The van der Waals surface area contributed by atoms with Crippen LogP contribution >= 0.6 is 15.9 Å². The Morgan fingerprint density at radius 3 is 1.76 bits per heavy atom. The Labute approximate surface area is 136 Å². The maximum absolute atomic E-state index is 5.86. The highest BCUT2D eigenvalue weighted by atomic mass is 79.9. The van der Waals surface area contributed by atoms with Gasteiger partial charge in [-0.25, -0.2) is 0 Å². The van der Waals surface area contributed by atoms with Crippen molar-refractivity contribution in [2.75, 3.05) is 11.5 Å². The number of rotatable bonds is 1. The molecule has 0 saturated carbocycles. The predicted octanol–water partition coefficient (Wildman–Crippen LogP) is 5.10. The average molecular weight is 349 g/mol. The van der Waals surface area contributed by atoms with Crippen LogP contribution < -0.4 is 11.5 Å². The molecule has 2 aromatic carbocycles. The molecule has 0 spiro atoms. The molecule has 4 N–H and O–H groups in total. The number of benzene rings is 2. The second-order valence-electron chi connectivity index (χ2n) is 5.49. The molecule has 0 aromatic heterocycles. The van der Waals surface area contributed by atoms with Crippen molar-refractivity contribution >= 4 is 27.3 Å². The lowest BCUT2D eigenvalue weighted by atomic mass is 10.0. The fraction of sp³-hybridized carbons (Fsp3) is 0.333. The summed E-state index contributed by atoms with van der Waals surface area (Å²) in [4.78, 5) is 0. The van der Waals surface area contributed by atoms with Crippen LogP contribution in [0.3, 0.4) is 0 Å². The van der Waals surface area contributed by atoms with Crippen LogP contribution in [0, 0.1) is 27.7 Å². The van der Waals surface area contributed by atoms with Crippen molar-refractivity contribution in [3.8, 4) is 0 Å². The number of nitrogens with two attached hydrogens (primary N) is 2. The normalized spacial score (nSPS) is 10.0. The lowest BCUT2D eigenvalue weighted by Crippen LogP contribution is -1.96. The van der Waals surface area contributed by atoms with Gasteiger partial charge in [0.25, 0.3) is 0 Å². The molecule has 2 nitrogen and oxygen atoms in total. The zero-order valence-electron chi connectivity index (χ0n) is 13.5. The van der Waals surface area contributed by atoms with Crippen molar-refractivity contribution in [3.63, 3.8) is 0 Å². The van der Waals surface area contributed by atoms with E-state index in [0.29, 0.717) is 0 Å². The van der Waals surface area contributed by atoms with Gasteiger partial charge >= 0.3 is 0 Å². The molecule has 0 heterocycles. The van der Waals surface area contributed by atoms with E-state index in [9.17, 15) is 0 Å². The van der Waals surface area contributed by atoms with Crippen LogP contribution in [0.1, 0.15) is 34.7 Å². The smallest absolute Gasteiger partial charge is 0.0488 e. The summed E-state index contributed by atoms with van der Waals surface area (Å²) in [5, 5.41) is 0. The van der Waals surface area contributed by atoms with Crippen molar-refractivity contribution in [2.24, 2.45) is 0 Å². The first kappa shape index (κ1) is 17.6.